The van der Waals surface area contributed by atoms with Crippen molar-refractivity contribution in [2.45, 2.75) is 32.4 Å². The van der Waals surface area contributed by atoms with Crippen molar-refractivity contribution in [1.29, 1.82) is 0 Å². The number of anilines is 1. The smallest absolute Gasteiger partial charge is 0.223 e. The van der Waals surface area contributed by atoms with Gasteiger partial charge in [-0.3, -0.25) is 4.79 Å². The van der Waals surface area contributed by atoms with Crippen LogP contribution in [0.4, 0.5) is 5.13 Å². The molecule has 0 unspecified atom stereocenters. The van der Waals surface area contributed by atoms with Crippen LogP contribution < -0.4 is 5.32 Å². The van der Waals surface area contributed by atoms with Crippen molar-refractivity contribution < 1.29 is 4.79 Å². The Morgan fingerprint density at radius 1 is 1.67 bits per heavy atom. The Morgan fingerprint density at radius 3 is 3.13 bits per heavy atom. The first-order valence-electron chi connectivity index (χ1n) is 5.02. The van der Waals surface area contributed by atoms with E-state index in [0.29, 0.717) is 5.13 Å². The number of carbonyl (C=O) groups is 1. The zero-order valence-electron chi connectivity index (χ0n) is 9.08. The van der Waals surface area contributed by atoms with E-state index >= 15 is 0 Å². The molecule has 0 atom stereocenters. The average Bonchev–Trinajstić information content (AvgIpc) is 2.59. The largest absolute Gasteiger partial charge is 0.302 e. The molecule has 1 N–H and O–H groups in total. The van der Waals surface area contributed by atoms with E-state index in [1.165, 1.54) is 36.9 Å². The molecule has 15 heavy (non-hydrogen) atoms. The topological polar surface area (TPSA) is 42.0 Å². The molecule has 1 rings (SSSR count). The van der Waals surface area contributed by atoms with E-state index in [2.05, 4.69) is 17.2 Å². The lowest BCUT2D eigenvalue weighted by molar-refractivity contribution is -0.114. The maximum atomic E-state index is 10.8. The van der Waals surface area contributed by atoms with Gasteiger partial charge in [-0.15, -0.1) is 11.3 Å². The highest BCUT2D eigenvalue weighted by Crippen LogP contribution is 2.19. The second-order valence-corrected chi connectivity index (χ2v) is 5.19. The number of rotatable bonds is 6. The van der Waals surface area contributed by atoms with E-state index in [4.69, 9.17) is 0 Å². The van der Waals surface area contributed by atoms with E-state index in [0.717, 1.165) is 11.4 Å². The van der Waals surface area contributed by atoms with Crippen LogP contribution in [0.15, 0.2) is 5.38 Å². The molecule has 3 nitrogen and oxygen atoms in total. The van der Waals surface area contributed by atoms with Gasteiger partial charge in [-0.2, -0.15) is 11.8 Å². The van der Waals surface area contributed by atoms with Gasteiger partial charge in [0.15, 0.2) is 5.13 Å². The summed E-state index contributed by atoms with van der Waals surface area (Å²) in [5, 5.41) is 5.39. The number of hydrogen-bond donors (Lipinski definition) is 1. The number of amides is 1. The number of unbranched alkanes of at least 4 members (excludes halogenated alkanes) is 1. The molecule has 0 saturated heterocycles. The minimum Gasteiger partial charge on any atom is -0.302 e. The van der Waals surface area contributed by atoms with E-state index in [1.54, 1.807) is 0 Å². The van der Waals surface area contributed by atoms with Crippen LogP contribution >= 0.6 is 23.1 Å². The Labute approximate surface area is 98.7 Å². The van der Waals surface area contributed by atoms with Crippen molar-refractivity contribution in [2.24, 2.45) is 0 Å². The minimum atomic E-state index is -0.0606. The van der Waals surface area contributed by atoms with Crippen molar-refractivity contribution in [3.8, 4) is 0 Å². The molecular weight excluding hydrogens is 228 g/mol. The number of thiazole rings is 1. The maximum Gasteiger partial charge on any atom is 0.223 e. The minimum absolute atomic E-state index is 0.0606. The van der Waals surface area contributed by atoms with Gasteiger partial charge in [0.05, 0.1) is 5.69 Å². The van der Waals surface area contributed by atoms with E-state index in [-0.39, 0.29) is 5.91 Å². The van der Waals surface area contributed by atoms with E-state index in [9.17, 15) is 4.79 Å². The highest BCUT2D eigenvalue weighted by molar-refractivity contribution is 7.98. The Morgan fingerprint density at radius 2 is 2.47 bits per heavy atom. The number of thioether (sulfide) groups is 1. The molecule has 1 heterocycles. The number of hydrogen-bond acceptors (Lipinski definition) is 4. The van der Waals surface area contributed by atoms with Crippen molar-refractivity contribution in [2.75, 3.05) is 11.1 Å². The first kappa shape index (κ1) is 12.5. The molecule has 0 aliphatic heterocycles. The van der Waals surface area contributed by atoms with Crippen molar-refractivity contribution in [3.63, 3.8) is 0 Å². The summed E-state index contributed by atoms with van der Waals surface area (Å²) in [5.74, 6) is 2.06. The SMILES string of the molecule is CCCCSCc1csc(NC(C)=O)n1. The summed E-state index contributed by atoms with van der Waals surface area (Å²) >= 11 is 3.38. The number of carbonyl (C=O) groups excluding carboxylic acids is 1. The van der Waals surface area contributed by atoms with Gasteiger partial charge in [-0.1, -0.05) is 13.3 Å². The molecule has 5 heteroatoms. The second-order valence-electron chi connectivity index (χ2n) is 3.23. The molecule has 0 aliphatic rings. The summed E-state index contributed by atoms with van der Waals surface area (Å²) in [7, 11) is 0. The fourth-order valence-corrected chi connectivity index (χ4v) is 2.86. The van der Waals surface area contributed by atoms with Crippen LogP contribution in [0.3, 0.4) is 0 Å². The first-order chi connectivity index (χ1) is 7.22. The van der Waals surface area contributed by atoms with Gasteiger partial charge in [0, 0.05) is 18.1 Å². The normalized spacial score (nSPS) is 10.3. The first-order valence-corrected chi connectivity index (χ1v) is 7.05. The van der Waals surface area contributed by atoms with Crippen LogP contribution in [0.5, 0.6) is 0 Å². The fraction of sp³-hybridized carbons (Fsp3) is 0.600. The molecule has 0 saturated carbocycles. The summed E-state index contributed by atoms with van der Waals surface area (Å²) in [5.41, 5.74) is 1.06. The fourth-order valence-electron chi connectivity index (χ4n) is 1.00. The molecule has 1 aromatic heterocycles. The van der Waals surface area contributed by atoms with Crippen molar-refractivity contribution in [3.05, 3.63) is 11.1 Å². The van der Waals surface area contributed by atoms with Gasteiger partial charge in [-0.05, 0) is 12.2 Å². The molecule has 0 fully saturated rings. The third kappa shape index (κ3) is 5.18. The molecule has 0 aliphatic carbocycles. The molecule has 0 spiro atoms. The standard InChI is InChI=1S/C10H16N2OS2/c1-3-4-5-14-6-9-7-15-10(12-9)11-8(2)13/h7H,3-6H2,1-2H3,(H,11,12,13). The number of nitrogens with zero attached hydrogens (tertiary/aromatic N) is 1. The lowest BCUT2D eigenvalue weighted by Crippen LogP contribution is -2.05. The third-order valence-corrected chi connectivity index (χ3v) is 3.61. The molecule has 0 radical (unpaired) electrons. The molecule has 1 amide bonds. The van der Waals surface area contributed by atoms with Gasteiger partial charge in [-0.25, -0.2) is 4.98 Å². The van der Waals surface area contributed by atoms with Crippen LogP contribution in [0.2, 0.25) is 0 Å². The van der Waals surface area contributed by atoms with Gasteiger partial charge in [0.1, 0.15) is 0 Å². The van der Waals surface area contributed by atoms with E-state index in [1.807, 2.05) is 17.1 Å². The van der Waals surface area contributed by atoms with Crippen LogP contribution in [-0.4, -0.2) is 16.6 Å². The van der Waals surface area contributed by atoms with Crippen LogP contribution in [-0.2, 0) is 10.5 Å². The zero-order valence-corrected chi connectivity index (χ0v) is 10.7. The van der Waals surface area contributed by atoms with Crippen LogP contribution in [0.25, 0.3) is 0 Å². The van der Waals surface area contributed by atoms with Crippen LogP contribution in [0.1, 0.15) is 32.4 Å². The Hall–Kier alpha value is -0.550. The van der Waals surface area contributed by atoms with Gasteiger partial charge in [0.2, 0.25) is 5.91 Å². The Balaban J connectivity index is 2.29. The third-order valence-electron chi connectivity index (χ3n) is 1.73. The van der Waals surface area contributed by atoms with E-state index < -0.39 is 0 Å². The highest BCUT2D eigenvalue weighted by Gasteiger charge is 2.02. The Bertz CT molecular complexity index is 312. The lowest BCUT2D eigenvalue weighted by Gasteiger charge is -1.97. The lowest BCUT2D eigenvalue weighted by atomic mass is 10.4. The summed E-state index contributed by atoms with van der Waals surface area (Å²) in [4.78, 5) is 15.1. The predicted octanol–water partition coefficient (Wildman–Crippen LogP) is 3.13. The highest BCUT2D eigenvalue weighted by atomic mass is 32.2. The summed E-state index contributed by atoms with van der Waals surface area (Å²) in [6.07, 6.45) is 2.49. The van der Waals surface area contributed by atoms with Gasteiger partial charge < -0.3 is 5.32 Å². The Kier molecular flexibility index (Phi) is 5.71. The zero-order chi connectivity index (χ0) is 11.1. The summed E-state index contributed by atoms with van der Waals surface area (Å²) in [6, 6.07) is 0. The molecule has 0 aromatic carbocycles. The molecule has 1 aromatic rings. The quantitative estimate of drug-likeness (QED) is 0.782. The van der Waals surface area contributed by atoms with Crippen LogP contribution in [0, 0.1) is 0 Å². The molecule has 0 bridgehead atoms. The van der Waals surface area contributed by atoms with Gasteiger partial charge in [0.25, 0.3) is 0 Å². The second kappa shape index (κ2) is 6.85. The molecule has 84 valence electrons. The summed E-state index contributed by atoms with van der Waals surface area (Å²) < 4.78 is 0. The number of aromatic nitrogens is 1. The predicted molar refractivity (Wildman–Crippen MR) is 67.5 cm³/mol. The molecular formula is C10H16N2OS2. The summed E-state index contributed by atoms with van der Waals surface area (Å²) in [6.45, 7) is 3.69. The monoisotopic (exact) mass is 244 g/mol. The maximum absolute atomic E-state index is 10.8. The van der Waals surface area contributed by atoms with Crippen molar-refractivity contribution >= 4 is 34.1 Å². The van der Waals surface area contributed by atoms with Crippen molar-refractivity contribution in [1.82, 2.24) is 4.98 Å². The number of nitrogens with one attached hydrogen (secondary N) is 1. The average molecular weight is 244 g/mol. The van der Waals surface area contributed by atoms with Gasteiger partial charge >= 0.3 is 0 Å².